The lowest BCUT2D eigenvalue weighted by atomic mass is 10.0. The van der Waals surface area contributed by atoms with Crippen LogP contribution in [0.5, 0.6) is 0 Å². The van der Waals surface area contributed by atoms with Crippen LogP contribution in [0.1, 0.15) is 0 Å². The van der Waals surface area contributed by atoms with Crippen LogP contribution in [0.4, 0.5) is 8.78 Å². The first-order valence-corrected chi connectivity index (χ1v) is 21.8. The Labute approximate surface area is 373 Å². The number of rotatable bonds is 5. The van der Waals surface area contributed by atoms with Crippen LogP contribution in [0, 0.1) is 11.6 Å². The second-order valence-electron chi connectivity index (χ2n) is 16.7. The molecule has 0 amide bonds. The molecule has 8 heteroatoms. The van der Waals surface area contributed by atoms with Crippen molar-refractivity contribution < 1.29 is 17.6 Å². The van der Waals surface area contributed by atoms with Gasteiger partial charge in [-0.1, -0.05) is 121 Å². The minimum absolute atomic E-state index is 0.182. The third-order valence-electron chi connectivity index (χ3n) is 13.1. The zero-order valence-electron chi connectivity index (χ0n) is 34.8. The Bertz CT molecular complexity index is 4190. The molecule has 9 aromatic carbocycles. The van der Waals surface area contributed by atoms with E-state index < -0.39 is 11.6 Å². The van der Waals surface area contributed by atoms with Gasteiger partial charge in [0.05, 0.1) is 33.5 Å². The standard InChI is InChI=1S/C58H32F2N4O2/c59-46-22-10-18-41-39-16-8-20-43(54(39)65-56(41)46)48-32-49(44-21-9-17-40-42-19-11-23-47(60)57(42)66-55(40)44)62-58(61-48)64-51-25-7-4-14-36(51)38-28-26-34(31-53(38)64)33-27-29-52-45(30-33)37-15-5-6-24-50(37)63(52)35-12-2-1-3-13-35/h1-32H. The quantitative estimate of drug-likeness (QED) is 0.173. The lowest BCUT2D eigenvalue weighted by molar-refractivity contribution is 0.584. The molecule has 0 bridgehead atoms. The molecule has 310 valence electrons. The van der Waals surface area contributed by atoms with Crippen LogP contribution >= 0.6 is 0 Å². The average molecular weight is 855 g/mol. The normalized spacial score (nSPS) is 12.1. The number of fused-ring (bicyclic) bond motifs is 12. The van der Waals surface area contributed by atoms with E-state index in [0.717, 1.165) is 65.8 Å². The Morgan fingerprint density at radius 3 is 1.44 bits per heavy atom. The molecule has 0 atom stereocenters. The molecule has 0 aliphatic heterocycles. The summed E-state index contributed by atoms with van der Waals surface area (Å²) in [5.41, 5.74) is 11.1. The number of benzene rings is 9. The van der Waals surface area contributed by atoms with Crippen LogP contribution in [0.2, 0.25) is 0 Å². The Morgan fingerprint density at radius 1 is 0.333 bits per heavy atom. The van der Waals surface area contributed by atoms with Gasteiger partial charge < -0.3 is 13.4 Å². The van der Waals surface area contributed by atoms with Gasteiger partial charge in [-0.2, -0.15) is 0 Å². The van der Waals surface area contributed by atoms with Crippen LogP contribution in [0.15, 0.2) is 203 Å². The summed E-state index contributed by atoms with van der Waals surface area (Å²) in [5, 5.41) is 7.30. The molecule has 0 saturated carbocycles. The molecular weight excluding hydrogens is 823 g/mol. The minimum atomic E-state index is -0.440. The summed E-state index contributed by atoms with van der Waals surface area (Å²) in [4.78, 5) is 10.7. The van der Waals surface area contributed by atoms with Gasteiger partial charge in [-0.05, 0) is 83.9 Å². The van der Waals surface area contributed by atoms with Gasteiger partial charge in [0.2, 0.25) is 5.95 Å². The van der Waals surface area contributed by atoms with Crippen molar-refractivity contribution in [1.29, 1.82) is 0 Å². The van der Waals surface area contributed by atoms with E-state index in [1.54, 1.807) is 12.1 Å². The molecule has 14 aromatic rings. The number of para-hydroxylation sites is 7. The molecule has 5 heterocycles. The highest BCUT2D eigenvalue weighted by atomic mass is 19.1. The Morgan fingerprint density at radius 2 is 0.803 bits per heavy atom. The first kappa shape index (κ1) is 36.6. The van der Waals surface area contributed by atoms with Gasteiger partial charge in [0.25, 0.3) is 0 Å². The van der Waals surface area contributed by atoms with Crippen molar-refractivity contribution >= 4 is 87.5 Å². The molecule has 0 radical (unpaired) electrons. The van der Waals surface area contributed by atoms with Crippen molar-refractivity contribution in [3.05, 3.63) is 206 Å². The van der Waals surface area contributed by atoms with Gasteiger partial charge >= 0.3 is 0 Å². The first-order valence-electron chi connectivity index (χ1n) is 21.8. The zero-order valence-corrected chi connectivity index (χ0v) is 34.8. The van der Waals surface area contributed by atoms with Crippen molar-refractivity contribution in [2.24, 2.45) is 0 Å². The molecular formula is C58H32F2N4O2. The highest BCUT2D eigenvalue weighted by molar-refractivity contribution is 6.14. The summed E-state index contributed by atoms with van der Waals surface area (Å²) < 4.78 is 47.7. The Balaban J connectivity index is 1.03. The molecule has 0 aliphatic rings. The van der Waals surface area contributed by atoms with Crippen molar-refractivity contribution in [2.45, 2.75) is 0 Å². The first-order chi connectivity index (χ1) is 32.6. The summed E-state index contributed by atoms with van der Waals surface area (Å²) in [5.74, 6) is -0.472. The van der Waals surface area contributed by atoms with Crippen LogP contribution in [0.25, 0.3) is 133 Å². The lowest BCUT2D eigenvalue weighted by Gasteiger charge is -2.13. The van der Waals surface area contributed by atoms with Gasteiger partial charge in [0.1, 0.15) is 11.2 Å². The summed E-state index contributed by atoms with van der Waals surface area (Å²) in [6.45, 7) is 0. The highest BCUT2D eigenvalue weighted by Gasteiger charge is 2.23. The van der Waals surface area contributed by atoms with Crippen molar-refractivity contribution in [2.75, 3.05) is 0 Å². The van der Waals surface area contributed by atoms with Crippen LogP contribution in [-0.4, -0.2) is 19.1 Å². The van der Waals surface area contributed by atoms with E-state index in [0.29, 0.717) is 50.4 Å². The summed E-state index contributed by atoms with van der Waals surface area (Å²) in [7, 11) is 0. The van der Waals surface area contributed by atoms with E-state index in [-0.39, 0.29) is 11.2 Å². The van der Waals surface area contributed by atoms with E-state index in [4.69, 9.17) is 18.8 Å². The van der Waals surface area contributed by atoms with Gasteiger partial charge in [0.15, 0.2) is 22.8 Å². The Hall–Kier alpha value is -8.88. The van der Waals surface area contributed by atoms with E-state index >= 15 is 8.78 Å². The van der Waals surface area contributed by atoms with E-state index in [1.165, 1.54) is 17.5 Å². The maximum atomic E-state index is 15.3. The van der Waals surface area contributed by atoms with E-state index in [2.05, 4.69) is 106 Å². The predicted octanol–water partition coefficient (Wildman–Crippen LogP) is 15.7. The van der Waals surface area contributed by atoms with Crippen LogP contribution in [0.3, 0.4) is 0 Å². The van der Waals surface area contributed by atoms with E-state index in [1.807, 2.05) is 72.8 Å². The van der Waals surface area contributed by atoms with Crippen molar-refractivity contribution in [3.63, 3.8) is 0 Å². The number of aromatic nitrogens is 4. The fourth-order valence-corrected chi connectivity index (χ4v) is 10.2. The minimum Gasteiger partial charge on any atom is -0.452 e. The molecule has 5 aromatic heterocycles. The number of hydrogen-bond acceptors (Lipinski definition) is 4. The summed E-state index contributed by atoms with van der Waals surface area (Å²) in [6, 6.07) is 64.0. The summed E-state index contributed by atoms with van der Waals surface area (Å²) in [6.07, 6.45) is 0. The van der Waals surface area contributed by atoms with E-state index in [9.17, 15) is 0 Å². The molecule has 0 aliphatic carbocycles. The molecule has 6 nitrogen and oxygen atoms in total. The second-order valence-corrected chi connectivity index (χ2v) is 16.7. The topological polar surface area (TPSA) is 61.9 Å². The largest absolute Gasteiger partial charge is 0.452 e. The van der Waals surface area contributed by atoms with Crippen molar-refractivity contribution in [3.8, 4) is 45.3 Å². The summed E-state index contributed by atoms with van der Waals surface area (Å²) >= 11 is 0. The van der Waals surface area contributed by atoms with Gasteiger partial charge in [-0.3, -0.25) is 4.57 Å². The maximum Gasteiger partial charge on any atom is 0.235 e. The predicted molar refractivity (Wildman–Crippen MR) is 261 cm³/mol. The zero-order chi connectivity index (χ0) is 43.6. The third-order valence-corrected chi connectivity index (χ3v) is 13.1. The monoisotopic (exact) mass is 854 g/mol. The molecule has 0 unspecified atom stereocenters. The number of nitrogens with zero attached hydrogens (tertiary/aromatic N) is 4. The molecule has 14 rings (SSSR count). The van der Waals surface area contributed by atoms with Gasteiger partial charge in [0, 0.05) is 59.9 Å². The maximum absolute atomic E-state index is 15.3. The van der Waals surface area contributed by atoms with Crippen LogP contribution < -0.4 is 0 Å². The van der Waals surface area contributed by atoms with Gasteiger partial charge in [-0.25, -0.2) is 18.7 Å². The smallest absolute Gasteiger partial charge is 0.235 e. The number of halogens is 2. The average Bonchev–Trinajstić information content (AvgIpc) is 4.13. The SMILES string of the molecule is Fc1cccc2c1oc1c(-c3cc(-c4cccc5c4oc4c(F)cccc45)nc(-n4c5ccccc5c5ccc(-c6ccc7c(c6)c6ccccc6n7-c6ccccc6)cc54)n3)cccc12. The lowest BCUT2D eigenvalue weighted by Crippen LogP contribution is -2.04. The fraction of sp³-hybridized carbons (Fsp3) is 0. The Kier molecular flexibility index (Phi) is 7.66. The molecule has 0 saturated heterocycles. The van der Waals surface area contributed by atoms with Crippen LogP contribution in [-0.2, 0) is 0 Å². The highest BCUT2D eigenvalue weighted by Crippen LogP contribution is 2.42. The van der Waals surface area contributed by atoms with Gasteiger partial charge in [-0.15, -0.1) is 0 Å². The number of hydrogen-bond donors (Lipinski definition) is 0. The molecule has 66 heavy (non-hydrogen) atoms. The molecule has 0 fully saturated rings. The third kappa shape index (κ3) is 5.26. The van der Waals surface area contributed by atoms with Crippen molar-refractivity contribution in [1.82, 2.24) is 19.1 Å². The second kappa shape index (κ2) is 13.8. The molecule has 0 spiro atoms. The number of furan rings is 2. The fourth-order valence-electron chi connectivity index (χ4n) is 10.2. The molecule has 0 N–H and O–H groups in total.